The Balaban J connectivity index is 1.90. The first kappa shape index (κ1) is 27.6. The summed E-state index contributed by atoms with van der Waals surface area (Å²) in [5.41, 5.74) is 7.04. The van der Waals surface area contributed by atoms with E-state index in [1.807, 2.05) is 0 Å². The lowest BCUT2D eigenvalue weighted by atomic mass is 10.1. The van der Waals surface area contributed by atoms with E-state index in [1.165, 1.54) is 12.3 Å². The lowest BCUT2D eigenvalue weighted by Crippen LogP contribution is -2.21. The molecule has 3 aromatic rings. The fourth-order valence-corrected chi connectivity index (χ4v) is 3.40. The van der Waals surface area contributed by atoms with Crippen molar-refractivity contribution in [2.45, 2.75) is 20.3 Å². The van der Waals surface area contributed by atoms with Gasteiger partial charge in [-0.25, -0.2) is 9.37 Å². The molecule has 0 unspecified atom stereocenters. The lowest BCUT2D eigenvalue weighted by molar-refractivity contribution is 0.101. The van der Waals surface area contributed by atoms with Gasteiger partial charge in [0.15, 0.2) is 0 Å². The van der Waals surface area contributed by atoms with Crippen LogP contribution in [0.5, 0.6) is 5.75 Å². The molecule has 194 valence electrons. The van der Waals surface area contributed by atoms with Crippen molar-refractivity contribution in [3.05, 3.63) is 76.2 Å². The molecule has 6 N–H and O–H groups in total. The zero-order valence-corrected chi connectivity index (χ0v) is 21.2. The maximum Gasteiger partial charge on any atom is 0.262 e. The first-order valence-electron chi connectivity index (χ1n) is 11.5. The van der Waals surface area contributed by atoms with E-state index in [4.69, 9.17) is 27.5 Å². The van der Waals surface area contributed by atoms with E-state index in [-0.39, 0.29) is 41.5 Å². The quantitative estimate of drug-likeness (QED) is 0.178. The molecule has 1 aromatic heterocycles. The van der Waals surface area contributed by atoms with Gasteiger partial charge in [0.1, 0.15) is 22.9 Å². The number of benzene rings is 2. The Bertz CT molecular complexity index is 1300. The molecule has 0 radical (unpaired) electrons. The van der Waals surface area contributed by atoms with Gasteiger partial charge in [0.25, 0.3) is 11.8 Å². The Labute approximate surface area is 219 Å². The molecule has 11 heteroatoms. The molecule has 37 heavy (non-hydrogen) atoms. The molecule has 1 heterocycles. The summed E-state index contributed by atoms with van der Waals surface area (Å²) < 4.78 is 20.9. The number of nitrogens with one attached hydrogen (secondary N) is 4. The summed E-state index contributed by atoms with van der Waals surface area (Å²) >= 11 is 5.85. The number of nitrogens with zero attached hydrogens (tertiary/aromatic N) is 1. The highest BCUT2D eigenvalue weighted by Crippen LogP contribution is 2.29. The van der Waals surface area contributed by atoms with Crippen LogP contribution in [0.2, 0.25) is 5.02 Å². The molecule has 0 saturated carbocycles. The SMILES string of the molecule is CC(=N)CNc1cc(F)c(C(=O)Nc2ccc(C)cc2C(=O)Nc2ccc(Cl)cn2)c(OCCCN)c1. The third-order valence-electron chi connectivity index (χ3n) is 5.08. The summed E-state index contributed by atoms with van der Waals surface area (Å²) in [5.74, 6) is -1.85. The van der Waals surface area contributed by atoms with Crippen LogP contribution in [0.1, 0.15) is 39.6 Å². The zero-order valence-electron chi connectivity index (χ0n) is 20.5. The first-order chi connectivity index (χ1) is 17.7. The van der Waals surface area contributed by atoms with Gasteiger partial charge in [0.2, 0.25) is 0 Å². The van der Waals surface area contributed by atoms with Crippen LogP contribution >= 0.6 is 11.6 Å². The van der Waals surface area contributed by atoms with Crippen molar-refractivity contribution < 1.29 is 18.7 Å². The van der Waals surface area contributed by atoms with Crippen LogP contribution in [0.3, 0.4) is 0 Å². The van der Waals surface area contributed by atoms with E-state index < -0.39 is 17.6 Å². The van der Waals surface area contributed by atoms with Crippen molar-refractivity contribution in [1.29, 1.82) is 5.41 Å². The molecule has 0 aliphatic rings. The molecule has 0 spiro atoms. The second-order valence-electron chi connectivity index (χ2n) is 8.27. The van der Waals surface area contributed by atoms with Crippen LogP contribution in [0.15, 0.2) is 48.7 Å². The summed E-state index contributed by atoms with van der Waals surface area (Å²) in [6, 6.07) is 10.7. The molecule has 2 aromatic carbocycles. The van der Waals surface area contributed by atoms with Gasteiger partial charge in [-0.3, -0.25) is 9.59 Å². The third kappa shape index (κ3) is 7.73. The average molecular weight is 527 g/mol. The number of hydrogen-bond acceptors (Lipinski definition) is 7. The maximum absolute atomic E-state index is 15.2. The van der Waals surface area contributed by atoms with Crippen molar-refractivity contribution in [3.8, 4) is 5.75 Å². The Morgan fingerprint density at radius 1 is 1.14 bits per heavy atom. The minimum Gasteiger partial charge on any atom is -0.493 e. The molecule has 0 aliphatic carbocycles. The topological polar surface area (TPSA) is 142 Å². The molecule has 0 saturated heterocycles. The number of nitrogens with two attached hydrogens (primary N) is 1. The number of aryl methyl sites for hydroxylation is 1. The Morgan fingerprint density at radius 3 is 2.59 bits per heavy atom. The van der Waals surface area contributed by atoms with Gasteiger partial charge in [0, 0.05) is 23.7 Å². The summed E-state index contributed by atoms with van der Waals surface area (Å²) in [7, 11) is 0. The van der Waals surface area contributed by atoms with E-state index in [2.05, 4.69) is 20.9 Å². The first-order valence-corrected chi connectivity index (χ1v) is 11.8. The second-order valence-corrected chi connectivity index (χ2v) is 8.71. The minimum atomic E-state index is -0.823. The predicted molar refractivity (Wildman–Crippen MR) is 144 cm³/mol. The number of pyridine rings is 1. The number of ether oxygens (including phenoxy) is 1. The van der Waals surface area contributed by atoms with E-state index in [1.54, 1.807) is 44.2 Å². The van der Waals surface area contributed by atoms with Crippen LogP contribution in [-0.4, -0.2) is 42.2 Å². The Morgan fingerprint density at radius 2 is 1.92 bits per heavy atom. The van der Waals surface area contributed by atoms with Crippen molar-refractivity contribution >= 4 is 46.3 Å². The molecule has 3 rings (SSSR count). The molecule has 0 aliphatic heterocycles. The second kappa shape index (κ2) is 12.8. The summed E-state index contributed by atoms with van der Waals surface area (Å²) in [4.78, 5) is 30.3. The van der Waals surface area contributed by atoms with Gasteiger partial charge in [-0.1, -0.05) is 23.2 Å². The van der Waals surface area contributed by atoms with Crippen molar-refractivity contribution in [2.75, 3.05) is 35.6 Å². The van der Waals surface area contributed by atoms with Gasteiger partial charge in [-0.05, 0) is 57.1 Å². The molecule has 0 fully saturated rings. The molecule has 9 nitrogen and oxygen atoms in total. The van der Waals surface area contributed by atoms with Gasteiger partial charge in [-0.15, -0.1) is 0 Å². The molecule has 2 amide bonds. The highest BCUT2D eigenvalue weighted by Gasteiger charge is 2.22. The minimum absolute atomic E-state index is 0.0135. The van der Waals surface area contributed by atoms with Crippen molar-refractivity contribution in [2.24, 2.45) is 5.73 Å². The maximum atomic E-state index is 15.2. The Hall–Kier alpha value is -4.02. The van der Waals surface area contributed by atoms with Crippen LogP contribution in [-0.2, 0) is 0 Å². The Kier molecular flexibility index (Phi) is 9.53. The number of rotatable bonds is 11. The smallest absolute Gasteiger partial charge is 0.262 e. The van der Waals surface area contributed by atoms with Crippen LogP contribution < -0.4 is 26.4 Å². The van der Waals surface area contributed by atoms with Crippen LogP contribution in [0, 0.1) is 18.2 Å². The van der Waals surface area contributed by atoms with E-state index in [0.717, 1.165) is 11.6 Å². The van der Waals surface area contributed by atoms with Gasteiger partial charge >= 0.3 is 0 Å². The van der Waals surface area contributed by atoms with Crippen molar-refractivity contribution in [3.63, 3.8) is 0 Å². The molecular formula is C26H28ClFN6O3. The summed E-state index contributed by atoms with van der Waals surface area (Å²) in [6.07, 6.45) is 1.90. The molecule has 0 bridgehead atoms. The van der Waals surface area contributed by atoms with Crippen LogP contribution in [0.25, 0.3) is 0 Å². The van der Waals surface area contributed by atoms with Gasteiger partial charge in [-0.2, -0.15) is 0 Å². The summed E-state index contributed by atoms with van der Waals surface area (Å²) in [6.45, 7) is 4.15. The average Bonchev–Trinajstić information content (AvgIpc) is 2.85. The van der Waals surface area contributed by atoms with E-state index >= 15 is 4.39 Å². The van der Waals surface area contributed by atoms with Gasteiger partial charge in [0.05, 0.1) is 29.4 Å². The van der Waals surface area contributed by atoms with Gasteiger partial charge < -0.3 is 31.8 Å². The molecule has 0 atom stereocenters. The number of carbonyl (C=O) groups excluding carboxylic acids is 2. The fourth-order valence-electron chi connectivity index (χ4n) is 3.29. The number of halogens is 2. The standard InChI is InChI=1S/C26H28ClFN6O3/c1-15-4-6-21(19(10-15)25(35)34-23-7-5-17(27)14-32-23)33-26(36)24-20(28)11-18(31-13-16(2)30)12-22(24)37-9-3-8-29/h4-7,10-12,14,30-31H,3,8-9,13,29H2,1-2H3,(H,33,36)(H,32,34,35). The third-order valence-corrected chi connectivity index (χ3v) is 5.31. The van der Waals surface area contributed by atoms with Crippen molar-refractivity contribution in [1.82, 2.24) is 4.98 Å². The number of amides is 2. The summed E-state index contributed by atoms with van der Waals surface area (Å²) in [5, 5.41) is 16.2. The number of aromatic nitrogens is 1. The van der Waals surface area contributed by atoms with Crippen LogP contribution in [0.4, 0.5) is 21.6 Å². The lowest BCUT2D eigenvalue weighted by Gasteiger charge is -2.16. The number of hydrogen-bond donors (Lipinski definition) is 5. The zero-order chi connectivity index (χ0) is 26.9. The predicted octanol–water partition coefficient (Wildman–Crippen LogP) is 4.87. The van der Waals surface area contributed by atoms with E-state index in [9.17, 15) is 9.59 Å². The monoisotopic (exact) mass is 526 g/mol. The number of carbonyl (C=O) groups is 2. The molecular weight excluding hydrogens is 499 g/mol. The largest absolute Gasteiger partial charge is 0.493 e. The fraction of sp³-hybridized carbons (Fsp3) is 0.231. The highest BCUT2D eigenvalue weighted by atomic mass is 35.5. The normalized spacial score (nSPS) is 10.5. The van der Waals surface area contributed by atoms with E-state index in [0.29, 0.717) is 29.4 Å². The highest BCUT2D eigenvalue weighted by molar-refractivity contribution is 6.30. The number of anilines is 3.